The first kappa shape index (κ1) is 32.0. The number of nitrogens with two attached hydrogens (primary N) is 2. The molecule has 0 saturated carbocycles. The van der Waals surface area contributed by atoms with E-state index in [1.54, 1.807) is 4.57 Å². The Morgan fingerprint density at radius 2 is 1.93 bits per heavy atom. The summed E-state index contributed by atoms with van der Waals surface area (Å²) < 4.78 is 1.63. The lowest BCUT2D eigenvalue weighted by Gasteiger charge is -2.31. The molecule has 1 saturated heterocycles. The van der Waals surface area contributed by atoms with E-state index in [2.05, 4.69) is 79.4 Å². The molecule has 0 radical (unpaired) electrons. The Labute approximate surface area is 264 Å². The Morgan fingerprint density at radius 3 is 2.64 bits per heavy atom. The number of nitrogens with one attached hydrogen (secondary N) is 3. The van der Waals surface area contributed by atoms with Crippen LogP contribution in [0.1, 0.15) is 89.0 Å². The fourth-order valence-corrected chi connectivity index (χ4v) is 6.70. The van der Waals surface area contributed by atoms with Crippen LogP contribution in [0.5, 0.6) is 0 Å². The number of benzene rings is 2. The van der Waals surface area contributed by atoms with Gasteiger partial charge in [-0.3, -0.25) is 9.98 Å². The smallest absolute Gasteiger partial charge is 0.354 e. The average molecular weight is 614 g/mol. The van der Waals surface area contributed by atoms with Crippen molar-refractivity contribution in [1.82, 2.24) is 19.9 Å². The molecular weight excluding hydrogens is 567 g/mol. The van der Waals surface area contributed by atoms with Crippen molar-refractivity contribution in [1.29, 1.82) is 5.41 Å². The molecule has 2 aromatic carbocycles. The number of aryl methyl sites for hydroxylation is 1. The Kier molecular flexibility index (Phi) is 9.97. The van der Waals surface area contributed by atoms with E-state index in [0.717, 1.165) is 73.0 Å². The lowest BCUT2D eigenvalue weighted by molar-refractivity contribution is 0.320. The number of nitrogens with zero attached hydrogens (tertiary/aromatic N) is 2. The van der Waals surface area contributed by atoms with Gasteiger partial charge in [0.2, 0.25) is 0 Å². The predicted molar refractivity (Wildman–Crippen MR) is 185 cm³/mol. The van der Waals surface area contributed by atoms with Crippen LogP contribution in [0, 0.1) is 5.41 Å². The summed E-state index contributed by atoms with van der Waals surface area (Å²) in [5, 5.41) is 12.3. The van der Waals surface area contributed by atoms with Gasteiger partial charge in [-0.15, -0.1) is 0 Å². The zero-order chi connectivity index (χ0) is 31.4. The second kappa shape index (κ2) is 13.7. The van der Waals surface area contributed by atoms with E-state index in [4.69, 9.17) is 16.9 Å². The summed E-state index contributed by atoms with van der Waals surface area (Å²) in [5.74, 6) is 0.856. The highest BCUT2D eigenvalue weighted by molar-refractivity contribution is 8.13. The van der Waals surface area contributed by atoms with E-state index in [0.29, 0.717) is 11.7 Å². The molecule has 0 unspecified atom stereocenters. The molecule has 3 heterocycles. The Morgan fingerprint density at radius 1 is 1.16 bits per heavy atom. The first-order valence-corrected chi connectivity index (χ1v) is 16.8. The third kappa shape index (κ3) is 8.00. The van der Waals surface area contributed by atoms with Crippen LogP contribution in [0.4, 0.5) is 0 Å². The topological polar surface area (TPSA) is 139 Å². The molecule has 5 rings (SSSR count). The van der Waals surface area contributed by atoms with Crippen LogP contribution in [0.15, 0.2) is 59.5 Å². The fourth-order valence-electron chi connectivity index (χ4n) is 6.08. The minimum atomic E-state index is -0.308. The van der Waals surface area contributed by atoms with Crippen molar-refractivity contribution in [3.63, 3.8) is 0 Å². The molecule has 9 heteroatoms. The van der Waals surface area contributed by atoms with Crippen molar-refractivity contribution in [2.24, 2.45) is 11.5 Å². The average Bonchev–Trinajstić information content (AvgIpc) is 3.39. The second-order valence-electron chi connectivity index (χ2n) is 13.4. The third-order valence-electron chi connectivity index (χ3n) is 8.58. The predicted octanol–water partition coefficient (Wildman–Crippen LogP) is 6.55. The molecule has 44 heavy (non-hydrogen) atoms. The van der Waals surface area contributed by atoms with Crippen LogP contribution >= 0.6 is 11.8 Å². The van der Waals surface area contributed by atoms with Crippen molar-refractivity contribution in [3.8, 4) is 16.9 Å². The standard InChI is InChI=1S/C35H47N7OS/c1-22(36)7-5-8-23-17-25(19-27(18-23)35(2,3)4)31-20-26-21-42(34(43)41-32(26)40-31)29-13-11-24(12-14-29)30-10-6-9-28(39-30)15-16-44-33(37)38/h11-14,17-22,28,30,39H,5-10,15-16,36H2,1-4H3,(H3,37,38)(H,40,41,43)/t22-,28-,30-/m0/s1. The molecule has 4 aromatic rings. The van der Waals surface area contributed by atoms with Crippen molar-refractivity contribution in [2.45, 2.75) is 96.2 Å². The number of H-pyrrole nitrogens is 1. The molecule has 234 valence electrons. The number of aromatic amines is 1. The Balaban J connectivity index is 1.37. The molecule has 0 aliphatic carbocycles. The third-order valence-corrected chi connectivity index (χ3v) is 9.33. The summed E-state index contributed by atoms with van der Waals surface area (Å²) in [6.45, 7) is 8.77. The molecule has 1 fully saturated rings. The van der Waals surface area contributed by atoms with Crippen LogP contribution in [0.3, 0.4) is 0 Å². The minimum Gasteiger partial charge on any atom is -0.379 e. The molecule has 0 spiro atoms. The fraction of sp³-hybridized carbons (Fsp3) is 0.457. The number of aromatic nitrogens is 3. The first-order chi connectivity index (χ1) is 21.0. The molecule has 7 N–H and O–H groups in total. The van der Waals surface area contributed by atoms with Gasteiger partial charge in [-0.25, -0.2) is 4.79 Å². The van der Waals surface area contributed by atoms with E-state index in [9.17, 15) is 4.79 Å². The number of amidine groups is 1. The van der Waals surface area contributed by atoms with Gasteiger partial charge in [0.05, 0.1) is 5.69 Å². The summed E-state index contributed by atoms with van der Waals surface area (Å²) in [6.07, 6.45) is 9.30. The molecule has 0 bridgehead atoms. The van der Waals surface area contributed by atoms with Gasteiger partial charge in [-0.2, -0.15) is 4.98 Å². The normalized spacial score (nSPS) is 18.0. The van der Waals surface area contributed by atoms with Crippen LogP contribution in [-0.2, 0) is 11.8 Å². The second-order valence-corrected chi connectivity index (χ2v) is 14.5. The maximum atomic E-state index is 13.2. The number of fused-ring (bicyclic) bond motifs is 1. The largest absolute Gasteiger partial charge is 0.379 e. The molecule has 0 amide bonds. The number of rotatable bonds is 10. The van der Waals surface area contributed by atoms with E-state index < -0.39 is 0 Å². The van der Waals surface area contributed by atoms with Crippen molar-refractivity contribution < 1.29 is 0 Å². The number of thioether (sulfide) groups is 1. The summed E-state index contributed by atoms with van der Waals surface area (Å²) in [6, 6.07) is 18.1. The van der Waals surface area contributed by atoms with Crippen molar-refractivity contribution in [2.75, 3.05) is 5.75 Å². The van der Waals surface area contributed by atoms with Crippen LogP contribution in [-0.4, -0.2) is 37.5 Å². The number of hydrogen-bond donors (Lipinski definition) is 5. The van der Waals surface area contributed by atoms with Crippen molar-refractivity contribution >= 4 is 28.0 Å². The first-order valence-electron chi connectivity index (χ1n) is 15.8. The Hall–Kier alpha value is -3.40. The minimum absolute atomic E-state index is 0.0101. The zero-order valence-electron chi connectivity index (χ0n) is 26.5. The molecule has 1 aliphatic rings. The maximum absolute atomic E-state index is 13.2. The van der Waals surface area contributed by atoms with E-state index in [1.165, 1.54) is 28.5 Å². The quantitative estimate of drug-likeness (QED) is 0.102. The van der Waals surface area contributed by atoms with Crippen LogP contribution < -0.4 is 22.5 Å². The summed E-state index contributed by atoms with van der Waals surface area (Å²) in [4.78, 5) is 21.0. The number of piperidine rings is 1. The van der Waals surface area contributed by atoms with Gasteiger partial charge in [0.1, 0.15) is 5.65 Å². The van der Waals surface area contributed by atoms with Crippen molar-refractivity contribution in [3.05, 3.63) is 81.9 Å². The Bertz CT molecular complexity index is 1650. The van der Waals surface area contributed by atoms with E-state index in [-0.39, 0.29) is 28.4 Å². The van der Waals surface area contributed by atoms with Gasteiger partial charge in [0.25, 0.3) is 0 Å². The van der Waals surface area contributed by atoms with Gasteiger partial charge in [0, 0.05) is 41.2 Å². The number of hydrogen-bond acceptors (Lipinski definition) is 6. The van der Waals surface area contributed by atoms with E-state index in [1.807, 2.05) is 18.3 Å². The van der Waals surface area contributed by atoms with Gasteiger partial charge in [0.15, 0.2) is 5.17 Å². The molecule has 2 aromatic heterocycles. The van der Waals surface area contributed by atoms with E-state index >= 15 is 0 Å². The highest BCUT2D eigenvalue weighted by Crippen LogP contribution is 2.32. The molecular formula is C35H47N7OS. The van der Waals surface area contributed by atoms with Gasteiger partial charge in [-0.1, -0.05) is 57.2 Å². The highest BCUT2D eigenvalue weighted by Gasteiger charge is 2.22. The van der Waals surface area contributed by atoms with Gasteiger partial charge < -0.3 is 21.8 Å². The molecule has 1 aliphatic heterocycles. The monoisotopic (exact) mass is 613 g/mol. The maximum Gasteiger partial charge on any atom is 0.354 e. The lowest BCUT2D eigenvalue weighted by atomic mass is 9.84. The highest BCUT2D eigenvalue weighted by atomic mass is 32.2. The molecule has 8 nitrogen and oxygen atoms in total. The van der Waals surface area contributed by atoms with Gasteiger partial charge in [-0.05, 0) is 103 Å². The molecule has 3 atom stereocenters. The van der Waals surface area contributed by atoms with Gasteiger partial charge >= 0.3 is 5.69 Å². The SMILES string of the molecule is C[C@H](N)CCCc1cc(-c2cc3cn(-c4ccc([C@@H]5CCC[C@@H](CCSC(=N)N)N5)cc4)c(=O)nc3[nH]2)cc(C(C)(C)C)c1. The summed E-state index contributed by atoms with van der Waals surface area (Å²) in [5.41, 5.74) is 18.5. The van der Waals surface area contributed by atoms with Crippen LogP contribution in [0.2, 0.25) is 0 Å². The summed E-state index contributed by atoms with van der Waals surface area (Å²) in [7, 11) is 0. The van der Waals surface area contributed by atoms with Crippen LogP contribution in [0.25, 0.3) is 28.0 Å². The summed E-state index contributed by atoms with van der Waals surface area (Å²) >= 11 is 1.41. The lowest BCUT2D eigenvalue weighted by Crippen LogP contribution is -2.37. The zero-order valence-corrected chi connectivity index (χ0v) is 27.3.